The van der Waals surface area contributed by atoms with Crippen molar-refractivity contribution in [2.45, 2.75) is 46.3 Å². The molecule has 0 spiro atoms. The number of hydrogen-bond acceptors (Lipinski definition) is 3. The quantitative estimate of drug-likeness (QED) is 0.612. The molecule has 5 heteroatoms. The van der Waals surface area contributed by atoms with E-state index < -0.39 is 8.24 Å². The fourth-order valence-corrected chi connectivity index (χ4v) is 4.48. The number of fused-ring (bicyclic) bond motifs is 1. The van der Waals surface area contributed by atoms with Crippen LogP contribution >= 0.6 is 0 Å². The molecule has 0 aromatic heterocycles. The van der Waals surface area contributed by atoms with Crippen LogP contribution in [0.5, 0.6) is 0 Å². The molecule has 0 aliphatic carbocycles. The van der Waals surface area contributed by atoms with Crippen LogP contribution in [0.4, 0.5) is 5.69 Å². The fourth-order valence-electron chi connectivity index (χ4n) is 2.83. The van der Waals surface area contributed by atoms with Crippen LogP contribution in [0.25, 0.3) is 0 Å². The van der Waals surface area contributed by atoms with Gasteiger partial charge in [-0.25, -0.2) is 0 Å². The third kappa shape index (κ3) is 3.09. The Kier molecular flexibility index (Phi) is 4.75. The van der Waals surface area contributed by atoms with Gasteiger partial charge in [0, 0.05) is 11.3 Å². The summed E-state index contributed by atoms with van der Waals surface area (Å²) in [5.41, 5.74) is 3.65. The first-order chi connectivity index (χ1) is 10.3. The second-order valence-electron chi connectivity index (χ2n) is 7.18. The van der Waals surface area contributed by atoms with Crippen LogP contribution in [0.3, 0.4) is 0 Å². The number of aryl methyl sites for hydroxylation is 1. The van der Waals surface area contributed by atoms with Crippen LogP contribution in [0.15, 0.2) is 23.4 Å². The monoisotopic (exact) mass is 318 g/mol. The van der Waals surface area contributed by atoms with Gasteiger partial charge in [-0.1, -0.05) is 56.8 Å². The normalized spacial score (nSPS) is 16.6. The topological polar surface area (TPSA) is 41.9 Å². The molecular weight excluding hydrogens is 292 g/mol. The van der Waals surface area contributed by atoms with Gasteiger partial charge in [-0.15, -0.1) is 0 Å². The van der Waals surface area contributed by atoms with Gasteiger partial charge in [-0.05, 0) is 24.3 Å². The summed E-state index contributed by atoms with van der Waals surface area (Å²) in [6, 6.07) is 6.13. The number of anilines is 1. The number of hydrogen-bond donors (Lipinski definition) is 0. The Morgan fingerprint density at radius 1 is 1.27 bits per heavy atom. The molecular formula is C17H26N2O2Si. The van der Waals surface area contributed by atoms with Gasteiger partial charge in [0.1, 0.15) is 7.11 Å². The predicted molar refractivity (Wildman–Crippen MR) is 94.0 cm³/mol. The Bertz CT molecular complexity index is 603. The van der Waals surface area contributed by atoms with E-state index in [1.807, 2.05) is 16.7 Å². The van der Waals surface area contributed by atoms with Crippen molar-refractivity contribution in [2.24, 2.45) is 11.1 Å². The van der Waals surface area contributed by atoms with E-state index in [9.17, 15) is 4.79 Å². The van der Waals surface area contributed by atoms with E-state index in [0.29, 0.717) is 11.6 Å². The number of carbonyl (C=O) groups excluding carboxylic acids is 1. The summed E-state index contributed by atoms with van der Waals surface area (Å²) < 4.78 is 2.00. The molecule has 0 N–H and O–H groups in total. The van der Waals surface area contributed by atoms with Gasteiger partial charge in [-0.3, -0.25) is 4.79 Å². The van der Waals surface area contributed by atoms with Gasteiger partial charge < -0.3 is 9.40 Å². The number of amides is 1. The number of para-hydroxylation sites is 1. The molecule has 0 saturated carbocycles. The Hall–Kier alpha value is -1.62. The van der Waals surface area contributed by atoms with Crippen molar-refractivity contribution in [1.82, 2.24) is 0 Å². The lowest BCUT2D eigenvalue weighted by atomic mass is 9.99. The van der Waals surface area contributed by atoms with E-state index in [2.05, 4.69) is 44.7 Å². The maximum absolute atomic E-state index is 12.8. The average Bonchev–Trinajstić information content (AvgIpc) is 2.70. The van der Waals surface area contributed by atoms with E-state index in [0.717, 1.165) is 24.1 Å². The summed E-state index contributed by atoms with van der Waals surface area (Å²) in [5.74, 6) is 0.619. The van der Waals surface area contributed by atoms with Crippen LogP contribution < -0.4 is 4.57 Å². The first-order valence-corrected chi connectivity index (χ1v) is 11.3. The Labute approximate surface area is 134 Å². The van der Waals surface area contributed by atoms with Crippen molar-refractivity contribution in [2.75, 3.05) is 11.7 Å². The highest BCUT2D eigenvalue weighted by atomic mass is 28.3. The van der Waals surface area contributed by atoms with Gasteiger partial charge in [0.25, 0.3) is 5.91 Å². The van der Waals surface area contributed by atoms with Crippen LogP contribution in [-0.2, 0) is 16.1 Å². The SMILES string of the molecule is CO/N=C1/C(=O)N([Si](C)(C)C)c2c(CCC(C)C)cccc21. The van der Waals surface area contributed by atoms with Crippen LogP contribution in [0.2, 0.25) is 19.6 Å². The maximum Gasteiger partial charge on any atom is 0.273 e. The zero-order chi connectivity index (χ0) is 16.5. The molecule has 1 aromatic carbocycles. The molecule has 2 rings (SSSR count). The van der Waals surface area contributed by atoms with Crippen LogP contribution in [0.1, 0.15) is 31.4 Å². The lowest BCUT2D eigenvalue weighted by Crippen LogP contribution is -2.49. The summed E-state index contributed by atoms with van der Waals surface area (Å²) in [6.45, 7) is 11.0. The van der Waals surface area contributed by atoms with E-state index in [-0.39, 0.29) is 5.91 Å². The molecule has 0 atom stereocenters. The average molecular weight is 318 g/mol. The minimum absolute atomic E-state index is 0.0204. The predicted octanol–water partition coefficient (Wildman–Crippen LogP) is 3.81. The molecule has 1 aliphatic heterocycles. The summed E-state index contributed by atoms with van der Waals surface area (Å²) in [7, 11) is -0.364. The zero-order valence-electron chi connectivity index (χ0n) is 14.4. The number of nitrogens with zero attached hydrogens (tertiary/aromatic N) is 2. The van der Waals surface area contributed by atoms with E-state index in [4.69, 9.17) is 4.84 Å². The van der Waals surface area contributed by atoms with E-state index in [1.54, 1.807) is 0 Å². The van der Waals surface area contributed by atoms with Crippen LogP contribution in [0, 0.1) is 5.92 Å². The summed E-state index contributed by atoms with van der Waals surface area (Å²) in [5, 5.41) is 3.99. The van der Waals surface area contributed by atoms with Gasteiger partial charge in [-0.2, -0.15) is 0 Å². The Balaban J connectivity index is 2.57. The highest BCUT2D eigenvalue weighted by Gasteiger charge is 2.42. The van der Waals surface area contributed by atoms with E-state index >= 15 is 0 Å². The van der Waals surface area contributed by atoms with Crippen molar-refractivity contribution in [3.8, 4) is 0 Å². The minimum Gasteiger partial charge on any atom is -0.398 e. The Morgan fingerprint density at radius 3 is 2.50 bits per heavy atom. The number of rotatable bonds is 5. The molecule has 0 unspecified atom stereocenters. The minimum atomic E-state index is -1.85. The molecule has 120 valence electrons. The lowest BCUT2D eigenvalue weighted by Gasteiger charge is -2.31. The van der Waals surface area contributed by atoms with Crippen molar-refractivity contribution in [1.29, 1.82) is 0 Å². The van der Waals surface area contributed by atoms with Crippen molar-refractivity contribution in [3.05, 3.63) is 29.3 Å². The first-order valence-electron chi connectivity index (χ1n) is 7.85. The molecule has 0 bridgehead atoms. The number of benzene rings is 1. The second-order valence-corrected chi connectivity index (χ2v) is 12.0. The largest absolute Gasteiger partial charge is 0.398 e. The van der Waals surface area contributed by atoms with Crippen molar-refractivity contribution < 1.29 is 9.63 Å². The summed E-state index contributed by atoms with van der Waals surface area (Å²) in [4.78, 5) is 17.7. The second kappa shape index (κ2) is 6.24. The van der Waals surface area contributed by atoms with Crippen LogP contribution in [-0.4, -0.2) is 27.0 Å². The molecule has 0 radical (unpaired) electrons. The third-order valence-electron chi connectivity index (χ3n) is 3.85. The zero-order valence-corrected chi connectivity index (χ0v) is 15.4. The van der Waals surface area contributed by atoms with Gasteiger partial charge in [0.2, 0.25) is 0 Å². The van der Waals surface area contributed by atoms with Crippen molar-refractivity contribution >= 4 is 25.5 Å². The Morgan fingerprint density at radius 2 is 1.95 bits per heavy atom. The molecule has 1 amide bonds. The summed E-state index contributed by atoms with van der Waals surface area (Å²) >= 11 is 0. The molecule has 1 aromatic rings. The highest BCUT2D eigenvalue weighted by Crippen LogP contribution is 2.37. The summed E-state index contributed by atoms with van der Waals surface area (Å²) in [6.07, 6.45) is 2.09. The fraction of sp³-hybridized carbons (Fsp3) is 0.529. The van der Waals surface area contributed by atoms with Gasteiger partial charge >= 0.3 is 0 Å². The third-order valence-corrected chi connectivity index (χ3v) is 5.62. The molecule has 4 nitrogen and oxygen atoms in total. The molecule has 1 aliphatic rings. The number of oxime groups is 1. The molecule has 0 saturated heterocycles. The smallest absolute Gasteiger partial charge is 0.273 e. The molecule has 1 heterocycles. The number of carbonyl (C=O) groups is 1. The molecule has 22 heavy (non-hydrogen) atoms. The standard InChI is InChI=1S/C17H26N2O2Si/c1-12(2)10-11-13-8-7-9-14-15(18-21-3)17(20)19(16(13)14)22(4,5)6/h7-9,12H,10-11H2,1-6H3/b18-15+. The van der Waals surface area contributed by atoms with Gasteiger partial charge in [0.05, 0.1) is 0 Å². The lowest BCUT2D eigenvalue weighted by molar-refractivity contribution is -0.111. The van der Waals surface area contributed by atoms with E-state index in [1.165, 1.54) is 12.7 Å². The first kappa shape index (κ1) is 16.7. The van der Waals surface area contributed by atoms with Crippen molar-refractivity contribution in [3.63, 3.8) is 0 Å². The maximum atomic E-state index is 12.8. The van der Waals surface area contributed by atoms with Gasteiger partial charge in [0.15, 0.2) is 13.9 Å². The molecule has 0 fully saturated rings. The highest BCUT2D eigenvalue weighted by molar-refractivity contribution is 6.87.